The van der Waals surface area contributed by atoms with E-state index >= 15 is 0 Å². The number of H-pyrrole nitrogens is 1. The van der Waals surface area contributed by atoms with Gasteiger partial charge in [-0.2, -0.15) is 0 Å². The minimum atomic E-state index is -1.85. The van der Waals surface area contributed by atoms with Gasteiger partial charge >= 0.3 is 5.97 Å². The van der Waals surface area contributed by atoms with Gasteiger partial charge in [-0.25, -0.2) is 4.79 Å². The molecule has 2 heterocycles. The first kappa shape index (κ1) is 29.7. The van der Waals surface area contributed by atoms with Crippen LogP contribution in [0.4, 0.5) is 0 Å². The number of benzene rings is 2. The number of nitrogens with zero attached hydrogens (tertiary/aromatic N) is 1. The van der Waals surface area contributed by atoms with Crippen molar-refractivity contribution in [2.45, 2.75) is 57.5 Å². The van der Waals surface area contributed by atoms with E-state index < -0.39 is 36.7 Å². The third kappa shape index (κ3) is 6.52. The van der Waals surface area contributed by atoms with Crippen LogP contribution in [0.1, 0.15) is 22.3 Å². The highest BCUT2D eigenvalue weighted by molar-refractivity contribution is 6.31. The smallest absolute Gasteiger partial charge is 0.335 e. The molecule has 2 aromatic carbocycles. The van der Waals surface area contributed by atoms with Crippen molar-refractivity contribution >= 4 is 34.4 Å². The molecule has 5 unspecified atom stereocenters. The fraction of sp³-hybridized carbons (Fsp3) is 0.393. The van der Waals surface area contributed by atoms with Crippen LogP contribution in [0, 0.1) is 13.8 Å². The summed E-state index contributed by atoms with van der Waals surface area (Å²) in [4.78, 5) is 42.0. The van der Waals surface area contributed by atoms with Crippen molar-refractivity contribution < 1.29 is 39.5 Å². The molecule has 0 saturated carbocycles. The van der Waals surface area contributed by atoms with Crippen LogP contribution in [0.5, 0.6) is 0 Å². The maximum atomic E-state index is 13.4. The number of carbonyl (C=O) groups excluding carboxylic acids is 1. The van der Waals surface area contributed by atoms with Crippen molar-refractivity contribution in [1.82, 2.24) is 9.88 Å². The molecule has 5 N–H and O–H groups in total. The molecule has 3 aromatic rings. The van der Waals surface area contributed by atoms with Crippen LogP contribution in [-0.2, 0) is 32.0 Å². The van der Waals surface area contributed by atoms with Crippen molar-refractivity contribution in [2.24, 2.45) is 0 Å². The summed E-state index contributed by atoms with van der Waals surface area (Å²) in [6, 6.07) is 12.5. The summed E-state index contributed by atoms with van der Waals surface area (Å²) in [5.41, 5.74) is 3.20. The van der Waals surface area contributed by atoms with Crippen molar-refractivity contribution in [1.29, 1.82) is 0 Å². The van der Waals surface area contributed by atoms with E-state index in [0.29, 0.717) is 21.7 Å². The average Bonchev–Trinajstić information content (AvgIpc) is 2.89. The number of aromatic nitrogens is 1. The molecule has 11 nitrogen and oxygen atoms in total. The van der Waals surface area contributed by atoms with Crippen molar-refractivity contribution in [2.75, 3.05) is 13.2 Å². The number of amides is 1. The first-order valence-corrected chi connectivity index (χ1v) is 13.0. The number of aliphatic carboxylic acids is 1. The lowest BCUT2D eigenvalue weighted by atomic mass is 9.99. The van der Waals surface area contributed by atoms with Gasteiger partial charge in [0.15, 0.2) is 12.4 Å². The number of rotatable bonds is 9. The molecule has 1 saturated heterocycles. The Balaban J connectivity index is 1.55. The number of hydrogen-bond acceptors (Lipinski definition) is 8. The van der Waals surface area contributed by atoms with E-state index in [2.05, 4.69) is 4.98 Å². The van der Waals surface area contributed by atoms with E-state index in [1.54, 1.807) is 30.3 Å². The number of hydrogen-bond donors (Lipinski definition) is 5. The zero-order chi connectivity index (χ0) is 29.1. The number of nitrogens with one attached hydrogen (secondary N) is 1. The predicted molar refractivity (Wildman–Crippen MR) is 145 cm³/mol. The standard InChI is InChI=1S/C28H31ClN2O9/c1-14-9-15(2)21-17(10-14)11-18(26(36)30-21)13-31(20(32)12-16-5-3-4-6-19(16)29)7-8-39-28-24(35)22(33)23(34)25(40-28)27(37)38/h3-6,9-11,22-25,28,33-35H,7-8,12-13H2,1-2H3,(H,30,36)(H,37,38). The van der Waals surface area contributed by atoms with Crippen molar-refractivity contribution in [3.63, 3.8) is 0 Å². The SMILES string of the molecule is Cc1cc(C)c2[nH]c(=O)c(CN(CCOC3OC(C(=O)O)C(O)C(O)C3O)C(=O)Cc3ccccc3Cl)cc2c1. The number of aryl methyl sites for hydroxylation is 2. The molecule has 5 atom stereocenters. The Kier molecular flexibility index (Phi) is 9.24. The molecule has 1 amide bonds. The number of carboxylic acids is 1. The molecule has 0 radical (unpaired) electrons. The number of pyridine rings is 1. The van der Waals surface area contributed by atoms with Gasteiger partial charge in [0.05, 0.1) is 25.1 Å². The lowest BCUT2D eigenvalue weighted by molar-refractivity contribution is -0.294. The molecule has 1 aliphatic rings. The van der Waals surface area contributed by atoms with Crippen LogP contribution in [0.15, 0.2) is 47.3 Å². The lowest BCUT2D eigenvalue weighted by Crippen LogP contribution is -2.60. The van der Waals surface area contributed by atoms with E-state index in [0.717, 1.165) is 16.5 Å². The van der Waals surface area contributed by atoms with Gasteiger partial charge in [-0.3, -0.25) is 9.59 Å². The topological polar surface area (TPSA) is 170 Å². The van der Waals surface area contributed by atoms with Crippen molar-refractivity contribution in [3.8, 4) is 0 Å². The van der Waals surface area contributed by atoms with Gasteiger partial charge in [0.2, 0.25) is 5.91 Å². The maximum Gasteiger partial charge on any atom is 0.335 e. The van der Waals surface area contributed by atoms with Gasteiger partial charge in [0.25, 0.3) is 5.56 Å². The summed E-state index contributed by atoms with van der Waals surface area (Å²) in [6.07, 6.45) is -8.85. The van der Waals surface area contributed by atoms with Crippen LogP contribution in [0.25, 0.3) is 10.9 Å². The van der Waals surface area contributed by atoms with E-state index in [9.17, 15) is 34.8 Å². The molecule has 1 fully saturated rings. The fourth-order valence-corrected chi connectivity index (χ4v) is 4.93. The molecule has 12 heteroatoms. The summed E-state index contributed by atoms with van der Waals surface area (Å²) in [7, 11) is 0. The zero-order valence-electron chi connectivity index (χ0n) is 21.9. The Morgan fingerprint density at radius 3 is 2.48 bits per heavy atom. The molecule has 1 aliphatic heterocycles. The van der Waals surface area contributed by atoms with Gasteiger partial charge in [-0.05, 0) is 48.6 Å². The highest BCUT2D eigenvalue weighted by atomic mass is 35.5. The summed E-state index contributed by atoms with van der Waals surface area (Å²) < 4.78 is 10.7. The number of carbonyl (C=O) groups is 2. The second kappa shape index (κ2) is 12.5. The predicted octanol–water partition coefficient (Wildman–Crippen LogP) is 1.28. The van der Waals surface area contributed by atoms with Crippen molar-refractivity contribution in [3.05, 3.63) is 80.1 Å². The molecule has 40 heavy (non-hydrogen) atoms. The average molecular weight is 575 g/mol. The number of fused-ring (bicyclic) bond motifs is 1. The largest absolute Gasteiger partial charge is 0.479 e. The number of aliphatic hydroxyl groups is 3. The number of carboxylic acid groups (broad SMARTS) is 1. The summed E-state index contributed by atoms with van der Waals surface area (Å²) in [6.45, 7) is 3.46. The number of halogens is 1. The number of aromatic amines is 1. The molecule has 0 bridgehead atoms. The lowest BCUT2D eigenvalue weighted by Gasteiger charge is -2.38. The van der Waals surface area contributed by atoms with Crippen LogP contribution >= 0.6 is 11.6 Å². The second-order valence-electron chi connectivity index (χ2n) is 9.86. The number of ether oxygens (including phenoxy) is 2. The monoisotopic (exact) mass is 574 g/mol. The minimum absolute atomic E-state index is 0.0576. The Morgan fingerprint density at radius 1 is 1.05 bits per heavy atom. The minimum Gasteiger partial charge on any atom is -0.479 e. The van der Waals surface area contributed by atoms with Gasteiger partial charge in [-0.1, -0.05) is 41.4 Å². The molecule has 214 valence electrons. The summed E-state index contributed by atoms with van der Waals surface area (Å²) >= 11 is 6.25. The first-order valence-electron chi connectivity index (χ1n) is 12.6. The molecule has 4 rings (SSSR count). The van der Waals surface area contributed by atoms with Gasteiger partial charge in [0, 0.05) is 17.1 Å². The van der Waals surface area contributed by atoms with Gasteiger partial charge in [0.1, 0.15) is 18.3 Å². The molecular weight excluding hydrogens is 544 g/mol. The second-order valence-corrected chi connectivity index (χ2v) is 10.3. The maximum absolute atomic E-state index is 13.4. The zero-order valence-corrected chi connectivity index (χ0v) is 22.7. The third-order valence-corrected chi connectivity index (χ3v) is 7.21. The highest BCUT2D eigenvalue weighted by Gasteiger charge is 2.47. The van der Waals surface area contributed by atoms with Crippen LogP contribution < -0.4 is 5.56 Å². The fourth-order valence-electron chi connectivity index (χ4n) is 4.73. The summed E-state index contributed by atoms with van der Waals surface area (Å²) in [5, 5.41) is 40.6. The van der Waals surface area contributed by atoms with Crippen LogP contribution in [0.2, 0.25) is 5.02 Å². The van der Waals surface area contributed by atoms with Crippen LogP contribution in [-0.4, -0.2) is 86.0 Å². The molecule has 0 spiro atoms. The Bertz CT molecular complexity index is 1460. The van der Waals surface area contributed by atoms with Gasteiger partial charge in [-0.15, -0.1) is 0 Å². The molecule has 0 aliphatic carbocycles. The third-order valence-electron chi connectivity index (χ3n) is 6.84. The quantitative estimate of drug-likeness (QED) is 0.252. The van der Waals surface area contributed by atoms with E-state index in [4.69, 9.17) is 21.1 Å². The highest BCUT2D eigenvalue weighted by Crippen LogP contribution is 2.23. The Morgan fingerprint density at radius 2 is 1.77 bits per heavy atom. The Hall–Kier alpha value is -3.32. The number of aliphatic hydroxyl groups excluding tert-OH is 3. The van der Waals surface area contributed by atoms with Crippen LogP contribution in [0.3, 0.4) is 0 Å². The Labute approximate surface area is 234 Å². The molecule has 1 aromatic heterocycles. The summed E-state index contributed by atoms with van der Waals surface area (Å²) in [5.74, 6) is -1.90. The first-order chi connectivity index (χ1) is 19.0. The van der Waals surface area contributed by atoms with Gasteiger partial charge < -0.3 is 39.8 Å². The van der Waals surface area contributed by atoms with E-state index in [1.165, 1.54) is 4.90 Å². The molecular formula is C28H31ClN2O9. The van der Waals surface area contributed by atoms with E-state index in [-0.39, 0.29) is 37.6 Å². The normalized spacial score (nSPS) is 22.8. The van der Waals surface area contributed by atoms with E-state index in [1.807, 2.05) is 26.0 Å².